The van der Waals surface area contributed by atoms with Crippen molar-refractivity contribution in [2.24, 2.45) is 5.73 Å². The highest BCUT2D eigenvalue weighted by molar-refractivity contribution is 6.31. The molecule has 0 aliphatic heterocycles. The number of carbonyl (C=O) groups excluding carboxylic acids is 1. The molecule has 0 bridgehead atoms. The average Bonchev–Trinajstić information content (AvgIpc) is 2.57. The molecule has 3 aromatic rings. The largest absolute Gasteiger partial charge is 0.411 e. The lowest BCUT2D eigenvalue weighted by Crippen LogP contribution is -2.21. The van der Waals surface area contributed by atoms with Crippen LogP contribution in [0.5, 0.6) is 5.88 Å². The van der Waals surface area contributed by atoms with Crippen molar-refractivity contribution in [2.75, 3.05) is 5.32 Å². The summed E-state index contributed by atoms with van der Waals surface area (Å²) in [7, 11) is 0. The smallest absolute Gasteiger partial charge is 0.391 e. The number of aryl methyl sites for hydroxylation is 1. The number of benzene rings is 1. The number of ether oxygens (including phenoxy) is 1. The molecule has 0 spiro atoms. The third-order valence-electron chi connectivity index (χ3n) is 3.77. The van der Waals surface area contributed by atoms with Crippen LogP contribution in [-0.4, -0.2) is 21.0 Å². The van der Waals surface area contributed by atoms with Gasteiger partial charge in [0.2, 0.25) is 11.8 Å². The van der Waals surface area contributed by atoms with Gasteiger partial charge < -0.3 is 20.8 Å². The number of amides is 1. The second kappa shape index (κ2) is 7.01. The summed E-state index contributed by atoms with van der Waals surface area (Å²) in [4.78, 5) is 34.3. The zero-order chi connectivity index (χ0) is 18.8. The molecular weight excluding hydrogens is 358 g/mol. The highest BCUT2D eigenvalue weighted by Crippen LogP contribution is 2.22. The lowest BCUT2D eigenvalue weighted by molar-refractivity contribution is 0.208. The maximum atomic E-state index is 12.4. The summed E-state index contributed by atoms with van der Waals surface area (Å²) in [5, 5.41) is 4.40. The van der Waals surface area contributed by atoms with Crippen LogP contribution in [0.15, 0.2) is 35.3 Å². The van der Waals surface area contributed by atoms with Crippen molar-refractivity contribution in [2.45, 2.75) is 19.9 Å². The molecule has 4 N–H and O–H groups in total. The number of aromatic amines is 1. The van der Waals surface area contributed by atoms with Crippen molar-refractivity contribution < 1.29 is 9.53 Å². The molecule has 0 saturated heterocycles. The number of hydrogen-bond acceptors (Lipinski definition) is 6. The van der Waals surface area contributed by atoms with Crippen LogP contribution in [-0.2, 0) is 0 Å². The number of halogens is 1. The second-order valence-electron chi connectivity index (χ2n) is 5.75. The molecule has 0 unspecified atom stereocenters. The first-order chi connectivity index (χ1) is 12.3. The van der Waals surface area contributed by atoms with Gasteiger partial charge in [0.1, 0.15) is 0 Å². The lowest BCUT2D eigenvalue weighted by atomic mass is 10.1. The number of carbonyl (C=O) groups is 1. The Hall–Kier alpha value is -3.13. The van der Waals surface area contributed by atoms with Gasteiger partial charge in [-0.15, -0.1) is 0 Å². The van der Waals surface area contributed by atoms with E-state index in [9.17, 15) is 9.59 Å². The number of aromatic nitrogens is 3. The van der Waals surface area contributed by atoms with E-state index in [0.29, 0.717) is 21.7 Å². The van der Waals surface area contributed by atoms with Crippen LogP contribution < -0.4 is 21.3 Å². The number of H-pyrrole nitrogens is 1. The van der Waals surface area contributed by atoms with Gasteiger partial charge in [-0.2, -0.15) is 4.98 Å². The Kier molecular flexibility index (Phi) is 4.77. The fraction of sp³-hybridized carbons (Fsp3) is 0.176. The maximum Gasteiger partial charge on any atom is 0.411 e. The number of pyridine rings is 1. The molecule has 9 heteroatoms. The fourth-order valence-corrected chi connectivity index (χ4v) is 2.66. The van der Waals surface area contributed by atoms with Gasteiger partial charge in [0, 0.05) is 33.2 Å². The Labute approximate surface area is 153 Å². The Morgan fingerprint density at radius 2 is 2.15 bits per heavy atom. The fourth-order valence-electron chi connectivity index (χ4n) is 2.48. The zero-order valence-electron chi connectivity index (χ0n) is 14.0. The summed E-state index contributed by atoms with van der Waals surface area (Å²) < 4.78 is 4.83. The van der Waals surface area contributed by atoms with Crippen molar-refractivity contribution in [3.8, 4) is 5.88 Å². The van der Waals surface area contributed by atoms with Gasteiger partial charge in [-0.05, 0) is 38.1 Å². The standard InChI is InChI=1S/C17H16ClN5O3/c1-8-7-20-17(23-15(8)26-16(19)25)21-9(2)12-6-10-5-11(18)3-4-13(10)22-14(12)24/h3-7,9H,1-2H3,(H2,19,25)(H,22,24)(H,20,21,23)/t9-/m0/s1. The van der Waals surface area contributed by atoms with E-state index in [4.69, 9.17) is 22.1 Å². The summed E-state index contributed by atoms with van der Waals surface area (Å²) in [5.41, 5.74) is 6.52. The zero-order valence-corrected chi connectivity index (χ0v) is 14.8. The topological polar surface area (TPSA) is 123 Å². The SMILES string of the molecule is Cc1cnc(N[C@@H](C)c2cc3cc(Cl)ccc3[nH]c2=O)nc1OC(N)=O. The molecule has 26 heavy (non-hydrogen) atoms. The Balaban J connectivity index is 1.91. The number of anilines is 1. The van der Waals surface area contributed by atoms with E-state index < -0.39 is 12.1 Å². The average molecular weight is 374 g/mol. The van der Waals surface area contributed by atoms with E-state index >= 15 is 0 Å². The minimum atomic E-state index is -0.964. The van der Waals surface area contributed by atoms with E-state index in [2.05, 4.69) is 20.3 Å². The van der Waals surface area contributed by atoms with Crippen molar-refractivity contribution in [1.82, 2.24) is 15.0 Å². The summed E-state index contributed by atoms with van der Waals surface area (Å²) in [5.74, 6) is 0.256. The summed E-state index contributed by atoms with van der Waals surface area (Å²) in [6.07, 6.45) is 0.527. The van der Waals surface area contributed by atoms with Crippen LogP contribution >= 0.6 is 11.6 Å². The first-order valence-corrected chi connectivity index (χ1v) is 8.11. The van der Waals surface area contributed by atoms with E-state index in [1.807, 2.05) is 0 Å². The van der Waals surface area contributed by atoms with Crippen LogP contribution in [0.3, 0.4) is 0 Å². The number of nitrogens with one attached hydrogen (secondary N) is 2. The van der Waals surface area contributed by atoms with Gasteiger partial charge in [0.25, 0.3) is 5.56 Å². The first kappa shape index (κ1) is 17.7. The van der Waals surface area contributed by atoms with Gasteiger partial charge in [-0.25, -0.2) is 9.78 Å². The number of rotatable bonds is 4. The number of primary amides is 1. The Morgan fingerprint density at radius 3 is 2.88 bits per heavy atom. The van der Waals surface area contributed by atoms with Crippen molar-refractivity contribution in [1.29, 1.82) is 0 Å². The van der Waals surface area contributed by atoms with Crippen molar-refractivity contribution in [3.05, 3.63) is 57.0 Å². The normalized spacial score (nSPS) is 12.0. The number of nitrogens with zero attached hydrogens (tertiary/aromatic N) is 2. The van der Waals surface area contributed by atoms with Crippen LogP contribution in [0, 0.1) is 6.92 Å². The number of fused-ring (bicyclic) bond motifs is 1. The van der Waals surface area contributed by atoms with Crippen LogP contribution in [0.1, 0.15) is 24.1 Å². The van der Waals surface area contributed by atoms with Gasteiger partial charge in [0.15, 0.2) is 0 Å². The molecule has 1 aromatic carbocycles. The molecule has 0 aliphatic rings. The Morgan fingerprint density at radius 1 is 1.38 bits per heavy atom. The summed E-state index contributed by atoms with van der Waals surface area (Å²) in [6.45, 7) is 3.47. The lowest BCUT2D eigenvalue weighted by Gasteiger charge is -2.15. The van der Waals surface area contributed by atoms with Gasteiger partial charge in [-0.1, -0.05) is 11.6 Å². The van der Waals surface area contributed by atoms with Crippen LogP contribution in [0.2, 0.25) is 5.02 Å². The quantitative estimate of drug-likeness (QED) is 0.646. The van der Waals surface area contributed by atoms with E-state index in [0.717, 1.165) is 5.39 Å². The van der Waals surface area contributed by atoms with Gasteiger partial charge >= 0.3 is 6.09 Å². The van der Waals surface area contributed by atoms with Crippen molar-refractivity contribution in [3.63, 3.8) is 0 Å². The molecule has 8 nitrogen and oxygen atoms in total. The van der Waals surface area contributed by atoms with Crippen LogP contribution in [0.4, 0.5) is 10.7 Å². The molecule has 0 fully saturated rings. The van der Waals surface area contributed by atoms with Gasteiger partial charge in [0.05, 0.1) is 6.04 Å². The monoisotopic (exact) mass is 373 g/mol. The molecule has 0 saturated carbocycles. The molecular formula is C17H16ClN5O3. The first-order valence-electron chi connectivity index (χ1n) is 7.73. The third-order valence-corrected chi connectivity index (χ3v) is 4.00. The molecule has 2 aromatic heterocycles. The highest BCUT2D eigenvalue weighted by atomic mass is 35.5. The van der Waals surface area contributed by atoms with Crippen molar-refractivity contribution >= 4 is 34.5 Å². The van der Waals surface area contributed by atoms with E-state index in [1.54, 1.807) is 38.1 Å². The summed E-state index contributed by atoms with van der Waals surface area (Å²) >= 11 is 6.01. The minimum Gasteiger partial charge on any atom is -0.391 e. The third kappa shape index (κ3) is 3.75. The number of nitrogens with two attached hydrogens (primary N) is 1. The number of hydrogen-bond donors (Lipinski definition) is 3. The molecule has 0 radical (unpaired) electrons. The molecule has 2 heterocycles. The predicted octanol–water partition coefficient (Wildman–Crippen LogP) is 2.91. The molecule has 1 amide bonds. The predicted molar refractivity (Wildman–Crippen MR) is 98.6 cm³/mol. The van der Waals surface area contributed by atoms with Crippen LogP contribution in [0.25, 0.3) is 10.9 Å². The second-order valence-corrected chi connectivity index (χ2v) is 6.19. The maximum absolute atomic E-state index is 12.4. The molecule has 0 aliphatic carbocycles. The van der Waals surface area contributed by atoms with Gasteiger partial charge in [-0.3, -0.25) is 4.79 Å². The summed E-state index contributed by atoms with van der Waals surface area (Å²) in [6, 6.07) is 6.57. The molecule has 3 rings (SSSR count). The highest BCUT2D eigenvalue weighted by Gasteiger charge is 2.14. The molecule has 1 atom stereocenters. The molecule has 134 valence electrons. The minimum absolute atomic E-state index is 0.0569. The van der Waals surface area contributed by atoms with E-state index in [-0.39, 0.29) is 17.4 Å². The Bertz CT molecular complexity index is 1050. The van der Waals surface area contributed by atoms with E-state index in [1.165, 1.54) is 6.20 Å².